The Morgan fingerprint density at radius 1 is 1.00 bits per heavy atom. The summed E-state index contributed by atoms with van der Waals surface area (Å²) in [5, 5.41) is 0. The summed E-state index contributed by atoms with van der Waals surface area (Å²) in [7, 11) is 0. The van der Waals surface area contributed by atoms with Gasteiger partial charge in [-0.3, -0.25) is 4.90 Å². The van der Waals surface area contributed by atoms with Gasteiger partial charge in [-0.15, -0.1) is 0 Å². The summed E-state index contributed by atoms with van der Waals surface area (Å²) in [5.41, 5.74) is 3.14. The highest BCUT2D eigenvalue weighted by Gasteiger charge is 2.24. The molecule has 0 amide bonds. The van der Waals surface area contributed by atoms with Gasteiger partial charge in [0, 0.05) is 18.5 Å². The Kier molecular flexibility index (Phi) is 12.2. The van der Waals surface area contributed by atoms with Crippen LogP contribution in [0.4, 0.5) is 0 Å². The second-order valence-electron chi connectivity index (χ2n) is 9.29. The molecule has 2 unspecified atom stereocenters. The van der Waals surface area contributed by atoms with Crippen LogP contribution >= 0.6 is 0 Å². The fraction of sp³-hybridized carbons (Fsp3) is 0.643. The standard InChI is InChI=1S/C26H41N.C2H6/c1-6-7-11-23(4)16-19-27(21-26(5)17-9-8-10-18-26)20-24-12-14-25(15-13-24)22(2)3;1-2/h8-10,12-15,17,22-23H,6-7,11,16,18-21H2,1-5H3;1-2H3. The molecule has 0 bridgehead atoms. The van der Waals surface area contributed by atoms with E-state index >= 15 is 0 Å². The minimum Gasteiger partial charge on any atom is -0.298 e. The van der Waals surface area contributed by atoms with Crippen LogP contribution in [0.2, 0.25) is 0 Å². The van der Waals surface area contributed by atoms with Crippen LogP contribution in [-0.2, 0) is 6.54 Å². The van der Waals surface area contributed by atoms with Gasteiger partial charge in [-0.1, -0.05) is 116 Å². The number of rotatable bonds is 11. The summed E-state index contributed by atoms with van der Waals surface area (Å²) in [4.78, 5) is 2.69. The molecule has 2 rings (SSSR count). The van der Waals surface area contributed by atoms with Gasteiger partial charge in [-0.05, 0) is 42.3 Å². The van der Waals surface area contributed by atoms with Crippen molar-refractivity contribution in [1.29, 1.82) is 0 Å². The lowest BCUT2D eigenvalue weighted by Crippen LogP contribution is -2.36. The first-order valence-electron chi connectivity index (χ1n) is 12.1. The first-order chi connectivity index (χ1) is 13.9. The molecule has 1 aromatic carbocycles. The maximum Gasteiger partial charge on any atom is 0.0234 e. The average molecular weight is 398 g/mol. The summed E-state index contributed by atoms with van der Waals surface area (Å²) in [6.45, 7) is 19.1. The molecule has 1 aliphatic carbocycles. The molecule has 0 aromatic heterocycles. The van der Waals surface area contributed by atoms with Crippen molar-refractivity contribution >= 4 is 0 Å². The van der Waals surface area contributed by atoms with Gasteiger partial charge in [0.25, 0.3) is 0 Å². The van der Waals surface area contributed by atoms with Crippen molar-refractivity contribution < 1.29 is 0 Å². The van der Waals surface area contributed by atoms with Gasteiger partial charge in [-0.2, -0.15) is 0 Å². The predicted molar refractivity (Wildman–Crippen MR) is 131 cm³/mol. The molecule has 1 aromatic rings. The monoisotopic (exact) mass is 397 g/mol. The smallest absolute Gasteiger partial charge is 0.0234 e. The van der Waals surface area contributed by atoms with Crippen molar-refractivity contribution in [1.82, 2.24) is 4.90 Å². The molecule has 0 saturated carbocycles. The topological polar surface area (TPSA) is 3.24 Å². The van der Waals surface area contributed by atoms with Gasteiger partial charge in [0.05, 0.1) is 0 Å². The first-order valence-corrected chi connectivity index (χ1v) is 12.1. The minimum absolute atomic E-state index is 0.263. The summed E-state index contributed by atoms with van der Waals surface area (Å²) in [5.74, 6) is 1.43. The molecule has 0 heterocycles. The average Bonchev–Trinajstić information content (AvgIpc) is 2.72. The highest BCUT2D eigenvalue weighted by Crippen LogP contribution is 2.29. The largest absolute Gasteiger partial charge is 0.298 e. The van der Waals surface area contributed by atoms with Crippen LogP contribution < -0.4 is 0 Å². The number of unbranched alkanes of at least 4 members (excludes halogenated alkanes) is 1. The summed E-state index contributed by atoms with van der Waals surface area (Å²) in [6.07, 6.45) is 15.6. The summed E-state index contributed by atoms with van der Waals surface area (Å²) < 4.78 is 0. The fourth-order valence-electron chi connectivity index (χ4n) is 3.98. The molecule has 1 heteroatoms. The van der Waals surface area contributed by atoms with Crippen molar-refractivity contribution in [3.05, 3.63) is 59.7 Å². The third-order valence-corrected chi connectivity index (χ3v) is 5.96. The van der Waals surface area contributed by atoms with Gasteiger partial charge in [0.2, 0.25) is 0 Å². The van der Waals surface area contributed by atoms with E-state index in [9.17, 15) is 0 Å². The molecule has 0 aliphatic heterocycles. The van der Waals surface area contributed by atoms with Crippen LogP contribution in [0, 0.1) is 11.3 Å². The first kappa shape index (κ1) is 25.7. The van der Waals surface area contributed by atoms with Crippen molar-refractivity contribution in [2.75, 3.05) is 13.1 Å². The van der Waals surface area contributed by atoms with Crippen molar-refractivity contribution in [2.24, 2.45) is 11.3 Å². The fourth-order valence-corrected chi connectivity index (χ4v) is 3.98. The highest BCUT2D eigenvalue weighted by atomic mass is 15.1. The molecule has 1 nitrogen and oxygen atoms in total. The van der Waals surface area contributed by atoms with Gasteiger partial charge in [0.15, 0.2) is 0 Å². The lowest BCUT2D eigenvalue weighted by atomic mass is 9.83. The number of hydrogen-bond donors (Lipinski definition) is 0. The van der Waals surface area contributed by atoms with E-state index in [2.05, 4.69) is 88.1 Å². The van der Waals surface area contributed by atoms with Gasteiger partial charge >= 0.3 is 0 Å². The van der Waals surface area contributed by atoms with Gasteiger partial charge < -0.3 is 0 Å². The lowest BCUT2D eigenvalue weighted by Gasteiger charge is -2.34. The van der Waals surface area contributed by atoms with Gasteiger partial charge in [0.1, 0.15) is 0 Å². The van der Waals surface area contributed by atoms with E-state index < -0.39 is 0 Å². The second-order valence-corrected chi connectivity index (χ2v) is 9.29. The minimum atomic E-state index is 0.263. The van der Waals surface area contributed by atoms with E-state index in [-0.39, 0.29) is 5.41 Å². The van der Waals surface area contributed by atoms with Crippen LogP contribution in [0.1, 0.15) is 97.6 Å². The molecule has 0 fully saturated rings. The van der Waals surface area contributed by atoms with E-state index in [0.29, 0.717) is 5.92 Å². The molecule has 2 atom stereocenters. The molecule has 29 heavy (non-hydrogen) atoms. The van der Waals surface area contributed by atoms with Crippen molar-refractivity contribution in [2.45, 2.75) is 93.0 Å². The Hall–Kier alpha value is -1.34. The number of hydrogen-bond acceptors (Lipinski definition) is 1. The molecule has 0 N–H and O–H groups in total. The van der Waals surface area contributed by atoms with E-state index in [1.807, 2.05) is 13.8 Å². The summed E-state index contributed by atoms with van der Waals surface area (Å²) >= 11 is 0. The summed E-state index contributed by atoms with van der Waals surface area (Å²) in [6, 6.07) is 9.30. The number of benzene rings is 1. The zero-order valence-electron chi connectivity index (χ0n) is 20.4. The maximum atomic E-state index is 2.69. The Morgan fingerprint density at radius 2 is 1.69 bits per heavy atom. The Balaban J connectivity index is 0.00000204. The third kappa shape index (κ3) is 9.81. The highest BCUT2D eigenvalue weighted by molar-refractivity contribution is 5.25. The normalized spacial score (nSPS) is 19.3. The van der Waals surface area contributed by atoms with E-state index in [4.69, 9.17) is 0 Å². The molecule has 0 spiro atoms. The zero-order chi connectivity index (χ0) is 21.7. The Morgan fingerprint density at radius 3 is 2.24 bits per heavy atom. The van der Waals surface area contributed by atoms with E-state index in [0.717, 1.165) is 25.4 Å². The van der Waals surface area contributed by atoms with Crippen LogP contribution in [-0.4, -0.2) is 18.0 Å². The zero-order valence-corrected chi connectivity index (χ0v) is 20.4. The van der Waals surface area contributed by atoms with Crippen LogP contribution in [0.25, 0.3) is 0 Å². The SMILES string of the molecule is CC.CCCCC(C)CCN(Cc1ccc(C(C)C)cc1)CC1(C)C=CC=CC1. The van der Waals surface area contributed by atoms with Crippen molar-refractivity contribution in [3.8, 4) is 0 Å². The molecular formula is C28H47N. The van der Waals surface area contributed by atoms with E-state index in [1.165, 1.54) is 43.4 Å². The Labute approximate surface area is 182 Å². The second kappa shape index (κ2) is 13.8. The molecular weight excluding hydrogens is 350 g/mol. The van der Waals surface area contributed by atoms with Crippen LogP contribution in [0.5, 0.6) is 0 Å². The van der Waals surface area contributed by atoms with Crippen LogP contribution in [0.15, 0.2) is 48.6 Å². The molecule has 0 radical (unpaired) electrons. The Bertz CT molecular complexity index is 595. The van der Waals surface area contributed by atoms with E-state index in [1.54, 1.807) is 0 Å². The molecule has 0 saturated heterocycles. The van der Waals surface area contributed by atoms with Crippen LogP contribution in [0.3, 0.4) is 0 Å². The predicted octanol–water partition coefficient (Wildman–Crippen LogP) is 8.38. The lowest BCUT2D eigenvalue weighted by molar-refractivity contribution is 0.179. The third-order valence-electron chi connectivity index (χ3n) is 5.96. The molecule has 164 valence electrons. The maximum absolute atomic E-state index is 2.69. The van der Waals surface area contributed by atoms with Gasteiger partial charge in [-0.25, -0.2) is 0 Å². The quantitative estimate of drug-likeness (QED) is 0.362. The number of nitrogens with zero attached hydrogens (tertiary/aromatic N) is 1. The van der Waals surface area contributed by atoms with Crippen molar-refractivity contribution in [3.63, 3.8) is 0 Å². The number of allylic oxidation sites excluding steroid dienone is 3. The molecule has 1 aliphatic rings.